The van der Waals surface area contributed by atoms with E-state index in [4.69, 9.17) is 0 Å². The van der Waals surface area contributed by atoms with Crippen LogP contribution < -0.4 is 5.32 Å². The van der Waals surface area contributed by atoms with Gasteiger partial charge in [0.05, 0.1) is 0 Å². The van der Waals surface area contributed by atoms with Crippen LogP contribution in [0.25, 0.3) is 0 Å². The number of unbranched alkanes of at least 4 members (excludes halogenated alkanes) is 1. The molecule has 1 aromatic rings. The number of amides is 2. The Morgan fingerprint density at radius 2 is 1.77 bits per heavy atom. The summed E-state index contributed by atoms with van der Waals surface area (Å²) in [6, 6.07) is 8.17. The Hall–Kier alpha value is -1.55. The maximum absolute atomic E-state index is 12.3. The highest BCUT2D eigenvalue weighted by Gasteiger charge is 2.20. The lowest BCUT2D eigenvalue weighted by molar-refractivity contribution is 0.146. The molecular formula is C18H29N3O. The summed E-state index contributed by atoms with van der Waals surface area (Å²) in [7, 11) is 0. The zero-order valence-corrected chi connectivity index (χ0v) is 14.1. The number of carbonyl (C=O) groups is 1. The van der Waals surface area contributed by atoms with Gasteiger partial charge in [-0.1, -0.05) is 39.3 Å². The third kappa shape index (κ3) is 4.73. The second-order valence-corrected chi connectivity index (χ2v) is 6.39. The number of carbonyl (C=O) groups excluding carboxylic acids is 1. The zero-order chi connectivity index (χ0) is 15.9. The largest absolute Gasteiger partial charge is 0.322 e. The predicted molar refractivity (Wildman–Crippen MR) is 92.5 cm³/mol. The van der Waals surface area contributed by atoms with Crippen LogP contribution in [0.5, 0.6) is 0 Å². The summed E-state index contributed by atoms with van der Waals surface area (Å²) in [6.07, 6.45) is 2.47. The molecule has 4 heteroatoms. The van der Waals surface area contributed by atoms with E-state index < -0.39 is 0 Å². The SMILES string of the molecule is CCCCN1CCN(C(=O)Nc2ccc(C(C)C)cc2)CC1. The van der Waals surface area contributed by atoms with Crippen molar-refractivity contribution >= 4 is 11.7 Å². The molecule has 0 atom stereocenters. The van der Waals surface area contributed by atoms with Crippen molar-refractivity contribution in [3.63, 3.8) is 0 Å². The van der Waals surface area contributed by atoms with Crippen LogP contribution >= 0.6 is 0 Å². The predicted octanol–water partition coefficient (Wildman–Crippen LogP) is 3.76. The Bertz CT molecular complexity index is 462. The van der Waals surface area contributed by atoms with Gasteiger partial charge in [-0.05, 0) is 36.6 Å². The quantitative estimate of drug-likeness (QED) is 0.899. The first-order valence-electron chi connectivity index (χ1n) is 8.48. The van der Waals surface area contributed by atoms with Gasteiger partial charge >= 0.3 is 6.03 Å². The van der Waals surface area contributed by atoms with Crippen LogP contribution in [0.1, 0.15) is 45.1 Å². The van der Waals surface area contributed by atoms with Crippen molar-refractivity contribution in [2.24, 2.45) is 0 Å². The average molecular weight is 303 g/mol. The first-order valence-corrected chi connectivity index (χ1v) is 8.48. The molecule has 1 aliphatic rings. The van der Waals surface area contributed by atoms with E-state index >= 15 is 0 Å². The van der Waals surface area contributed by atoms with E-state index in [2.05, 4.69) is 43.1 Å². The first kappa shape index (κ1) is 16.8. The fourth-order valence-corrected chi connectivity index (χ4v) is 2.71. The van der Waals surface area contributed by atoms with Crippen LogP contribution in [0.3, 0.4) is 0 Å². The second kappa shape index (κ2) is 8.18. The minimum Gasteiger partial charge on any atom is -0.322 e. The van der Waals surface area contributed by atoms with E-state index in [9.17, 15) is 4.79 Å². The first-order chi connectivity index (χ1) is 10.6. The van der Waals surface area contributed by atoms with E-state index in [1.807, 2.05) is 17.0 Å². The van der Waals surface area contributed by atoms with E-state index in [0.29, 0.717) is 5.92 Å². The number of anilines is 1. The smallest absolute Gasteiger partial charge is 0.321 e. The van der Waals surface area contributed by atoms with Gasteiger partial charge in [-0.2, -0.15) is 0 Å². The molecule has 1 aliphatic heterocycles. The average Bonchev–Trinajstić information content (AvgIpc) is 2.54. The summed E-state index contributed by atoms with van der Waals surface area (Å²) < 4.78 is 0. The lowest BCUT2D eigenvalue weighted by Gasteiger charge is -2.34. The fourth-order valence-electron chi connectivity index (χ4n) is 2.71. The number of rotatable bonds is 5. The number of hydrogen-bond donors (Lipinski definition) is 1. The molecular weight excluding hydrogens is 274 g/mol. The molecule has 1 fully saturated rings. The third-order valence-corrected chi connectivity index (χ3v) is 4.32. The molecule has 2 rings (SSSR count). The van der Waals surface area contributed by atoms with Crippen molar-refractivity contribution < 1.29 is 4.79 Å². The number of nitrogens with zero attached hydrogens (tertiary/aromatic N) is 2. The summed E-state index contributed by atoms with van der Waals surface area (Å²) in [5.74, 6) is 0.515. The van der Waals surface area contributed by atoms with Crippen LogP contribution in [0.15, 0.2) is 24.3 Å². The molecule has 0 saturated carbocycles. The highest BCUT2D eigenvalue weighted by molar-refractivity contribution is 5.89. The molecule has 1 N–H and O–H groups in total. The maximum Gasteiger partial charge on any atom is 0.321 e. The van der Waals surface area contributed by atoms with E-state index in [1.165, 1.54) is 18.4 Å². The van der Waals surface area contributed by atoms with E-state index in [-0.39, 0.29) is 6.03 Å². The maximum atomic E-state index is 12.3. The highest BCUT2D eigenvalue weighted by atomic mass is 16.2. The number of nitrogens with one attached hydrogen (secondary N) is 1. The van der Waals surface area contributed by atoms with E-state index in [0.717, 1.165) is 38.4 Å². The van der Waals surface area contributed by atoms with Crippen molar-refractivity contribution in [3.8, 4) is 0 Å². The van der Waals surface area contributed by atoms with Gasteiger partial charge in [0.1, 0.15) is 0 Å². The Kier molecular flexibility index (Phi) is 6.25. The lowest BCUT2D eigenvalue weighted by Crippen LogP contribution is -2.50. The van der Waals surface area contributed by atoms with Gasteiger partial charge in [-0.3, -0.25) is 4.90 Å². The molecule has 122 valence electrons. The van der Waals surface area contributed by atoms with Crippen LogP contribution in [-0.4, -0.2) is 48.6 Å². The molecule has 0 spiro atoms. The molecule has 0 bridgehead atoms. The molecule has 1 saturated heterocycles. The molecule has 2 amide bonds. The molecule has 0 unspecified atom stereocenters. The van der Waals surface area contributed by atoms with Crippen molar-refractivity contribution in [1.82, 2.24) is 9.80 Å². The van der Waals surface area contributed by atoms with Crippen LogP contribution in [0.2, 0.25) is 0 Å². The van der Waals surface area contributed by atoms with Crippen molar-refractivity contribution in [2.45, 2.75) is 39.5 Å². The topological polar surface area (TPSA) is 35.6 Å². The van der Waals surface area contributed by atoms with Gasteiger partial charge in [0.15, 0.2) is 0 Å². The number of urea groups is 1. The van der Waals surface area contributed by atoms with Gasteiger partial charge in [0.25, 0.3) is 0 Å². The van der Waals surface area contributed by atoms with Crippen LogP contribution in [-0.2, 0) is 0 Å². The third-order valence-electron chi connectivity index (χ3n) is 4.32. The van der Waals surface area contributed by atoms with Gasteiger partial charge in [-0.25, -0.2) is 4.79 Å². The van der Waals surface area contributed by atoms with Crippen LogP contribution in [0, 0.1) is 0 Å². The number of benzene rings is 1. The van der Waals surface area contributed by atoms with Gasteiger partial charge in [0.2, 0.25) is 0 Å². The van der Waals surface area contributed by atoms with Crippen molar-refractivity contribution in [3.05, 3.63) is 29.8 Å². The molecule has 1 aromatic carbocycles. The Balaban J connectivity index is 1.80. The van der Waals surface area contributed by atoms with Crippen molar-refractivity contribution in [1.29, 1.82) is 0 Å². The summed E-state index contributed by atoms with van der Waals surface area (Å²) >= 11 is 0. The summed E-state index contributed by atoms with van der Waals surface area (Å²) in [6.45, 7) is 11.3. The molecule has 0 radical (unpaired) electrons. The summed E-state index contributed by atoms with van der Waals surface area (Å²) in [5.41, 5.74) is 2.17. The molecule has 0 aromatic heterocycles. The number of hydrogen-bond acceptors (Lipinski definition) is 2. The van der Waals surface area contributed by atoms with Crippen molar-refractivity contribution in [2.75, 3.05) is 38.0 Å². The normalized spacial score (nSPS) is 16.1. The summed E-state index contributed by atoms with van der Waals surface area (Å²) in [5, 5.41) is 3.00. The Morgan fingerprint density at radius 3 is 2.32 bits per heavy atom. The zero-order valence-electron chi connectivity index (χ0n) is 14.1. The molecule has 1 heterocycles. The second-order valence-electron chi connectivity index (χ2n) is 6.39. The molecule has 0 aliphatic carbocycles. The van der Waals surface area contributed by atoms with E-state index in [1.54, 1.807) is 0 Å². The number of piperazine rings is 1. The summed E-state index contributed by atoms with van der Waals surface area (Å²) in [4.78, 5) is 16.7. The minimum absolute atomic E-state index is 0.0208. The fraction of sp³-hybridized carbons (Fsp3) is 0.611. The molecule has 4 nitrogen and oxygen atoms in total. The highest BCUT2D eigenvalue weighted by Crippen LogP contribution is 2.17. The Morgan fingerprint density at radius 1 is 1.14 bits per heavy atom. The standard InChI is InChI=1S/C18H29N3O/c1-4-5-10-20-11-13-21(14-12-20)18(22)19-17-8-6-16(7-9-17)15(2)3/h6-9,15H,4-5,10-14H2,1-3H3,(H,19,22). The van der Waals surface area contributed by atoms with Crippen LogP contribution in [0.4, 0.5) is 10.5 Å². The van der Waals surface area contributed by atoms with Gasteiger partial charge in [-0.15, -0.1) is 0 Å². The minimum atomic E-state index is 0.0208. The van der Waals surface area contributed by atoms with Gasteiger partial charge in [0, 0.05) is 31.9 Å². The molecule has 22 heavy (non-hydrogen) atoms. The van der Waals surface area contributed by atoms with Gasteiger partial charge < -0.3 is 10.2 Å². The Labute approximate surface area is 134 Å². The lowest BCUT2D eigenvalue weighted by atomic mass is 10.0. The monoisotopic (exact) mass is 303 g/mol.